The highest BCUT2D eigenvalue weighted by Crippen LogP contribution is 2.46. The van der Waals surface area contributed by atoms with E-state index in [9.17, 15) is 9.59 Å². The largest absolute Gasteiger partial charge is 0.347 e. The number of nitrogens with zero attached hydrogens (tertiary/aromatic N) is 1. The zero-order chi connectivity index (χ0) is 23.8. The number of aryl methyl sites for hydroxylation is 1. The summed E-state index contributed by atoms with van der Waals surface area (Å²) in [4.78, 5) is 29.5. The number of carbonyl (C=O) groups excluding carboxylic acids is 2. The molecule has 0 unspecified atom stereocenters. The summed E-state index contributed by atoms with van der Waals surface area (Å²) in [5, 5.41) is 10.2. The van der Waals surface area contributed by atoms with Gasteiger partial charge in [-0.15, -0.1) is 11.8 Å². The van der Waals surface area contributed by atoms with Gasteiger partial charge in [-0.2, -0.15) is 0 Å². The van der Waals surface area contributed by atoms with E-state index in [2.05, 4.69) is 67.9 Å². The molecule has 6 atom stereocenters. The number of hydrogen-bond acceptors (Lipinski definition) is 5. The van der Waals surface area contributed by atoms with Crippen molar-refractivity contribution >= 4 is 23.6 Å². The van der Waals surface area contributed by atoms with Crippen LogP contribution in [0.25, 0.3) is 0 Å². The van der Waals surface area contributed by atoms with Crippen LogP contribution < -0.4 is 16.0 Å². The number of likely N-dealkylation sites (N-methyl/N-ethyl adjacent to an activating group) is 1. The molecule has 182 valence electrons. The van der Waals surface area contributed by atoms with E-state index in [1.807, 2.05) is 23.7 Å². The molecular formula is C26H40N4O2S. The van der Waals surface area contributed by atoms with Crippen molar-refractivity contribution in [3.63, 3.8) is 0 Å². The smallest absolute Gasteiger partial charge is 0.243 e. The van der Waals surface area contributed by atoms with E-state index in [-0.39, 0.29) is 46.8 Å². The average Bonchev–Trinajstić information content (AvgIpc) is 2.99. The summed E-state index contributed by atoms with van der Waals surface area (Å²) in [5.74, 6) is 0.997. The minimum Gasteiger partial charge on any atom is -0.347 e. The molecule has 2 aliphatic heterocycles. The summed E-state index contributed by atoms with van der Waals surface area (Å²) >= 11 is 1.83. The SMILES string of the molecule is CN[C@@H](C)[C@H](C)N[C@H]1CCS[C@H]2CC(C)(C)[C@@H](C(=O)N[C@@H]3CCCc4ccccc43)N2C1=O. The summed E-state index contributed by atoms with van der Waals surface area (Å²) in [5.41, 5.74) is 2.29. The van der Waals surface area contributed by atoms with Gasteiger partial charge in [0, 0.05) is 12.1 Å². The van der Waals surface area contributed by atoms with E-state index in [4.69, 9.17) is 0 Å². The minimum absolute atomic E-state index is 0.00422. The van der Waals surface area contributed by atoms with Gasteiger partial charge in [0.25, 0.3) is 0 Å². The van der Waals surface area contributed by atoms with E-state index in [1.165, 1.54) is 11.1 Å². The number of thioether (sulfide) groups is 1. The number of fused-ring (bicyclic) bond motifs is 2. The molecule has 1 aromatic carbocycles. The number of rotatable bonds is 6. The predicted octanol–water partition coefficient (Wildman–Crippen LogP) is 3.22. The van der Waals surface area contributed by atoms with Gasteiger partial charge < -0.3 is 20.9 Å². The lowest BCUT2D eigenvalue weighted by atomic mass is 9.83. The van der Waals surface area contributed by atoms with Gasteiger partial charge in [-0.1, -0.05) is 38.1 Å². The van der Waals surface area contributed by atoms with Crippen molar-refractivity contribution in [2.75, 3.05) is 12.8 Å². The third-order valence-corrected chi connectivity index (χ3v) is 9.15. The van der Waals surface area contributed by atoms with Gasteiger partial charge in [0.15, 0.2) is 0 Å². The third kappa shape index (κ3) is 4.96. The molecular weight excluding hydrogens is 432 g/mol. The molecule has 33 heavy (non-hydrogen) atoms. The van der Waals surface area contributed by atoms with E-state index in [1.54, 1.807) is 0 Å². The van der Waals surface area contributed by atoms with Crippen LogP contribution in [-0.2, 0) is 16.0 Å². The number of carbonyl (C=O) groups is 2. The molecule has 7 heteroatoms. The Balaban J connectivity index is 1.55. The van der Waals surface area contributed by atoms with Gasteiger partial charge in [-0.25, -0.2) is 0 Å². The molecule has 2 fully saturated rings. The van der Waals surface area contributed by atoms with Crippen LogP contribution in [-0.4, -0.2) is 59.1 Å². The second-order valence-corrected chi connectivity index (χ2v) is 12.0. The highest BCUT2D eigenvalue weighted by atomic mass is 32.2. The van der Waals surface area contributed by atoms with Gasteiger partial charge >= 0.3 is 0 Å². The minimum atomic E-state index is -0.448. The van der Waals surface area contributed by atoms with E-state index >= 15 is 0 Å². The lowest BCUT2D eigenvalue weighted by Crippen LogP contribution is -2.58. The molecule has 1 aliphatic carbocycles. The highest BCUT2D eigenvalue weighted by molar-refractivity contribution is 7.99. The summed E-state index contributed by atoms with van der Waals surface area (Å²) in [6, 6.07) is 8.17. The zero-order valence-corrected chi connectivity index (χ0v) is 21.5. The maximum atomic E-state index is 13.8. The van der Waals surface area contributed by atoms with Crippen LogP contribution in [0.5, 0.6) is 0 Å². The molecule has 0 radical (unpaired) electrons. The Labute approximate surface area is 203 Å². The fraction of sp³-hybridized carbons (Fsp3) is 0.692. The van der Waals surface area contributed by atoms with Crippen molar-refractivity contribution in [1.82, 2.24) is 20.9 Å². The van der Waals surface area contributed by atoms with Crippen LogP contribution in [0.1, 0.15) is 70.5 Å². The average molecular weight is 473 g/mol. The van der Waals surface area contributed by atoms with Gasteiger partial charge in [0.05, 0.1) is 17.5 Å². The summed E-state index contributed by atoms with van der Waals surface area (Å²) in [6.07, 6.45) is 4.73. The Morgan fingerprint density at radius 3 is 2.67 bits per heavy atom. The fourth-order valence-corrected chi connectivity index (χ4v) is 7.32. The maximum absolute atomic E-state index is 13.8. The van der Waals surface area contributed by atoms with Gasteiger partial charge in [0.2, 0.25) is 11.8 Å². The molecule has 6 nitrogen and oxygen atoms in total. The normalized spacial score (nSPS) is 30.7. The lowest BCUT2D eigenvalue weighted by Gasteiger charge is -2.36. The van der Waals surface area contributed by atoms with Crippen molar-refractivity contribution in [3.8, 4) is 0 Å². The molecule has 2 saturated heterocycles. The summed E-state index contributed by atoms with van der Waals surface area (Å²) in [6.45, 7) is 8.52. The maximum Gasteiger partial charge on any atom is 0.243 e. The highest BCUT2D eigenvalue weighted by Gasteiger charge is 2.54. The Kier molecular flexibility index (Phi) is 7.41. The molecule has 1 aromatic rings. The molecule has 3 N–H and O–H groups in total. The quantitative estimate of drug-likeness (QED) is 0.593. The van der Waals surface area contributed by atoms with E-state index in [0.717, 1.165) is 37.9 Å². The first kappa shape index (κ1) is 24.6. The van der Waals surface area contributed by atoms with Crippen molar-refractivity contribution in [2.45, 2.75) is 95.4 Å². The first-order chi connectivity index (χ1) is 15.7. The van der Waals surface area contributed by atoms with Crippen molar-refractivity contribution in [3.05, 3.63) is 35.4 Å². The lowest BCUT2D eigenvalue weighted by molar-refractivity contribution is -0.143. The second-order valence-electron chi connectivity index (χ2n) is 10.7. The number of nitrogens with one attached hydrogen (secondary N) is 3. The molecule has 3 aliphatic rings. The number of amides is 2. The van der Waals surface area contributed by atoms with Crippen molar-refractivity contribution < 1.29 is 9.59 Å². The Bertz CT molecular complexity index is 876. The summed E-state index contributed by atoms with van der Waals surface area (Å²) in [7, 11) is 1.94. The van der Waals surface area contributed by atoms with Gasteiger partial charge in [0.1, 0.15) is 6.04 Å². The van der Waals surface area contributed by atoms with Crippen LogP contribution >= 0.6 is 11.8 Å². The van der Waals surface area contributed by atoms with Crippen LogP contribution in [0.4, 0.5) is 0 Å². The molecule has 2 amide bonds. The second kappa shape index (κ2) is 9.96. The molecule has 0 bridgehead atoms. The van der Waals surface area contributed by atoms with Crippen molar-refractivity contribution in [1.29, 1.82) is 0 Å². The van der Waals surface area contributed by atoms with Crippen LogP contribution in [0.3, 0.4) is 0 Å². The molecule has 2 heterocycles. The molecule has 0 saturated carbocycles. The monoisotopic (exact) mass is 472 g/mol. The van der Waals surface area contributed by atoms with Crippen molar-refractivity contribution in [2.24, 2.45) is 5.41 Å². The van der Waals surface area contributed by atoms with Gasteiger partial charge in [-0.3, -0.25) is 9.59 Å². The number of hydrogen-bond donors (Lipinski definition) is 3. The molecule has 4 rings (SSSR count). The van der Waals surface area contributed by atoms with Crippen LogP contribution in [0.15, 0.2) is 24.3 Å². The summed E-state index contributed by atoms with van der Waals surface area (Å²) < 4.78 is 0. The topological polar surface area (TPSA) is 73.5 Å². The van der Waals surface area contributed by atoms with Crippen LogP contribution in [0, 0.1) is 5.41 Å². The third-order valence-electron chi connectivity index (χ3n) is 7.90. The van der Waals surface area contributed by atoms with Crippen LogP contribution in [0.2, 0.25) is 0 Å². The standard InChI is InChI=1S/C26H40N4O2S/c1-16(27-5)17(2)28-21-13-14-33-22-15-26(3,4)23(30(22)25(21)32)24(31)29-20-12-8-10-18-9-6-7-11-19(18)20/h6-7,9,11,16-17,20-23,27-28H,8,10,12-15H2,1-5H3,(H,29,31)/t16-,17-,20+,21-,22-,23+/m0/s1. The predicted molar refractivity (Wildman–Crippen MR) is 135 cm³/mol. The molecule has 0 spiro atoms. The van der Waals surface area contributed by atoms with E-state index in [0.29, 0.717) is 0 Å². The van der Waals surface area contributed by atoms with E-state index < -0.39 is 6.04 Å². The number of benzene rings is 1. The first-order valence-electron chi connectivity index (χ1n) is 12.5. The van der Waals surface area contributed by atoms with Gasteiger partial charge in [-0.05, 0) is 75.3 Å². The Morgan fingerprint density at radius 1 is 1.15 bits per heavy atom. The first-order valence-corrected chi connectivity index (χ1v) is 13.5. The molecule has 0 aromatic heterocycles. The fourth-order valence-electron chi connectivity index (χ4n) is 5.74. The Hall–Kier alpha value is -1.57. The Morgan fingerprint density at radius 2 is 1.91 bits per heavy atom. The zero-order valence-electron chi connectivity index (χ0n) is 20.7.